The number of amides is 3. The normalized spacial score (nSPS) is 13.7. The number of rotatable bonds is 8. The van der Waals surface area contributed by atoms with Gasteiger partial charge in [0.15, 0.2) is 6.61 Å². The molecule has 0 fully saturated rings. The van der Waals surface area contributed by atoms with Crippen LogP contribution in [0.4, 0.5) is 5.69 Å². The maximum absolute atomic E-state index is 12.8. The minimum absolute atomic E-state index is 0.251. The third-order valence-corrected chi connectivity index (χ3v) is 5.60. The van der Waals surface area contributed by atoms with Crippen LogP contribution in [-0.4, -0.2) is 41.2 Å². The van der Waals surface area contributed by atoms with E-state index in [9.17, 15) is 19.2 Å². The number of imide groups is 1. The Hall–Kier alpha value is -2.71. The molecule has 3 amide bonds. The first-order chi connectivity index (χ1) is 14.8. The summed E-state index contributed by atoms with van der Waals surface area (Å²) in [7, 11) is 0. The number of hydrogen-bond donors (Lipinski definition) is 1. The Bertz CT molecular complexity index is 1010. The molecule has 1 atom stereocenters. The minimum Gasteiger partial charge on any atom is -0.454 e. The molecule has 7 nitrogen and oxygen atoms in total. The summed E-state index contributed by atoms with van der Waals surface area (Å²) in [5.41, 5.74) is 0.877. The van der Waals surface area contributed by atoms with Gasteiger partial charge in [0.25, 0.3) is 17.7 Å². The number of benzene rings is 2. The molecule has 0 unspecified atom stereocenters. The Morgan fingerprint density at radius 1 is 1.13 bits per heavy atom. The standard InChI is InChI=1S/C22H20BrClN2O5/c1-2-3-8-18(26-20(28)14-6-4-5-7-15(14)21(26)29)22(30)31-12-19(27)25-17-10-9-13(23)11-16(17)24/h4-7,9-11,18H,2-3,8,12H2,1H3,(H,25,27)/t18-/m0/s1. The van der Waals surface area contributed by atoms with Gasteiger partial charge < -0.3 is 10.1 Å². The molecule has 0 saturated carbocycles. The summed E-state index contributed by atoms with van der Waals surface area (Å²) in [4.78, 5) is 51.4. The molecular weight excluding hydrogens is 488 g/mol. The Morgan fingerprint density at radius 3 is 2.35 bits per heavy atom. The Labute approximate surface area is 192 Å². The van der Waals surface area contributed by atoms with Gasteiger partial charge >= 0.3 is 5.97 Å². The van der Waals surface area contributed by atoms with E-state index in [1.165, 1.54) is 0 Å². The van der Waals surface area contributed by atoms with Crippen molar-refractivity contribution in [3.63, 3.8) is 0 Å². The lowest BCUT2D eigenvalue weighted by molar-refractivity contribution is -0.151. The first kappa shape index (κ1) is 23.0. The van der Waals surface area contributed by atoms with E-state index in [0.717, 1.165) is 15.8 Å². The van der Waals surface area contributed by atoms with Crippen molar-refractivity contribution in [1.29, 1.82) is 0 Å². The third kappa shape index (κ3) is 5.14. The fourth-order valence-corrected chi connectivity index (χ4v) is 3.97. The van der Waals surface area contributed by atoms with Gasteiger partial charge in [-0.05, 0) is 36.8 Å². The zero-order valence-electron chi connectivity index (χ0n) is 16.7. The Kier molecular flexibility index (Phi) is 7.46. The first-order valence-corrected chi connectivity index (χ1v) is 10.9. The van der Waals surface area contributed by atoms with E-state index in [1.807, 2.05) is 6.92 Å². The summed E-state index contributed by atoms with van der Waals surface area (Å²) in [5.74, 6) is -2.47. The summed E-state index contributed by atoms with van der Waals surface area (Å²) >= 11 is 9.35. The number of fused-ring (bicyclic) bond motifs is 1. The lowest BCUT2D eigenvalue weighted by Gasteiger charge is -2.24. The SMILES string of the molecule is CCCC[C@@H](C(=O)OCC(=O)Nc1ccc(Br)cc1Cl)N1C(=O)c2ccccc2C1=O. The second-order valence-corrected chi connectivity index (χ2v) is 8.29. The van der Waals surface area contributed by atoms with Crippen LogP contribution in [0.3, 0.4) is 0 Å². The molecular formula is C22H20BrClN2O5. The molecule has 0 aliphatic carbocycles. The topological polar surface area (TPSA) is 92.8 Å². The number of halogens is 2. The molecule has 1 aliphatic heterocycles. The van der Waals surface area contributed by atoms with Gasteiger partial charge in [-0.15, -0.1) is 0 Å². The molecule has 0 radical (unpaired) electrons. The van der Waals surface area contributed by atoms with E-state index in [-0.39, 0.29) is 17.5 Å². The van der Waals surface area contributed by atoms with Crippen LogP contribution in [0.1, 0.15) is 46.9 Å². The molecule has 162 valence electrons. The number of carbonyl (C=O) groups is 4. The molecule has 1 aliphatic rings. The van der Waals surface area contributed by atoms with Gasteiger partial charge in [0.2, 0.25) is 0 Å². The van der Waals surface area contributed by atoms with Gasteiger partial charge in [-0.3, -0.25) is 19.3 Å². The van der Waals surface area contributed by atoms with Crippen LogP contribution < -0.4 is 5.32 Å². The molecule has 0 saturated heterocycles. The highest BCUT2D eigenvalue weighted by Crippen LogP contribution is 2.27. The minimum atomic E-state index is -1.10. The van der Waals surface area contributed by atoms with Crippen LogP contribution in [0.25, 0.3) is 0 Å². The van der Waals surface area contributed by atoms with Gasteiger partial charge in [0.1, 0.15) is 6.04 Å². The largest absolute Gasteiger partial charge is 0.454 e. The van der Waals surface area contributed by atoms with Crippen molar-refractivity contribution in [3.8, 4) is 0 Å². The van der Waals surface area contributed by atoms with Gasteiger partial charge in [-0.2, -0.15) is 0 Å². The van der Waals surface area contributed by atoms with E-state index >= 15 is 0 Å². The monoisotopic (exact) mass is 506 g/mol. The summed E-state index contributed by atoms with van der Waals surface area (Å²) in [6.07, 6.45) is 1.62. The third-order valence-electron chi connectivity index (χ3n) is 4.79. The summed E-state index contributed by atoms with van der Waals surface area (Å²) in [6, 6.07) is 10.2. The van der Waals surface area contributed by atoms with Crippen molar-refractivity contribution in [1.82, 2.24) is 4.90 Å². The number of esters is 1. The number of unbranched alkanes of at least 4 members (excludes halogenated alkanes) is 1. The number of anilines is 1. The number of nitrogens with zero attached hydrogens (tertiary/aromatic N) is 1. The average Bonchev–Trinajstić information content (AvgIpc) is 3.00. The van der Waals surface area contributed by atoms with E-state index in [4.69, 9.17) is 16.3 Å². The van der Waals surface area contributed by atoms with Gasteiger partial charge in [0, 0.05) is 4.47 Å². The number of ether oxygens (including phenoxy) is 1. The predicted octanol–water partition coefficient (Wildman–Crippen LogP) is 4.44. The molecule has 9 heteroatoms. The Morgan fingerprint density at radius 2 is 1.77 bits per heavy atom. The van der Waals surface area contributed by atoms with Crippen LogP contribution in [0.2, 0.25) is 5.02 Å². The molecule has 1 heterocycles. The van der Waals surface area contributed by atoms with Gasteiger partial charge in [0.05, 0.1) is 21.8 Å². The zero-order chi connectivity index (χ0) is 22.5. The quantitative estimate of drug-likeness (QED) is 0.421. The van der Waals surface area contributed by atoms with E-state index < -0.39 is 36.3 Å². The second-order valence-electron chi connectivity index (χ2n) is 6.96. The van der Waals surface area contributed by atoms with Crippen molar-refractivity contribution >= 4 is 56.9 Å². The zero-order valence-corrected chi connectivity index (χ0v) is 19.0. The lowest BCUT2D eigenvalue weighted by atomic mass is 10.1. The average molecular weight is 508 g/mol. The van der Waals surface area contributed by atoms with Crippen molar-refractivity contribution in [3.05, 3.63) is 63.1 Å². The summed E-state index contributed by atoms with van der Waals surface area (Å²) < 4.78 is 5.91. The molecule has 3 rings (SSSR count). The van der Waals surface area contributed by atoms with E-state index in [0.29, 0.717) is 17.1 Å². The van der Waals surface area contributed by atoms with Crippen LogP contribution in [-0.2, 0) is 14.3 Å². The predicted molar refractivity (Wildman–Crippen MR) is 119 cm³/mol. The van der Waals surface area contributed by atoms with E-state index in [2.05, 4.69) is 21.2 Å². The van der Waals surface area contributed by atoms with Crippen LogP contribution in [0.15, 0.2) is 46.9 Å². The summed E-state index contributed by atoms with van der Waals surface area (Å²) in [5, 5.41) is 2.88. The number of hydrogen-bond acceptors (Lipinski definition) is 5. The molecule has 2 aromatic rings. The summed E-state index contributed by atoms with van der Waals surface area (Å²) in [6.45, 7) is 1.36. The highest BCUT2D eigenvalue weighted by atomic mass is 79.9. The lowest BCUT2D eigenvalue weighted by Crippen LogP contribution is -2.46. The maximum Gasteiger partial charge on any atom is 0.329 e. The van der Waals surface area contributed by atoms with Crippen molar-refractivity contribution < 1.29 is 23.9 Å². The Balaban J connectivity index is 1.68. The van der Waals surface area contributed by atoms with Crippen LogP contribution in [0, 0.1) is 0 Å². The van der Waals surface area contributed by atoms with Gasteiger partial charge in [-0.25, -0.2) is 4.79 Å². The number of carbonyl (C=O) groups excluding carboxylic acids is 4. The number of nitrogens with one attached hydrogen (secondary N) is 1. The van der Waals surface area contributed by atoms with Crippen molar-refractivity contribution in [2.75, 3.05) is 11.9 Å². The van der Waals surface area contributed by atoms with Crippen LogP contribution >= 0.6 is 27.5 Å². The van der Waals surface area contributed by atoms with Gasteiger partial charge in [-0.1, -0.05) is 59.4 Å². The fourth-order valence-electron chi connectivity index (χ4n) is 3.25. The van der Waals surface area contributed by atoms with E-state index in [1.54, 1.807) is 42.5 Å². The fraction of sp³-hybridized carbons (Fsp3) is 0.273. The van der Waals surface area contributed by atoms with Crippen LogP contribution in [0.5, 0.6) is 0 Å². The van der Waals surface area contributed by atoms with Crippen molar-refractivity contribution in [2.45, 2.75) is 32.2 Å². The highest BCUT2D eigenvalue weighted by molar-refractivity contribution is 9.10. The first-order valence-electron chi connectivity index (χ1n) is 9.72. The maximum atomic E-state index is 12.8. The molecule has 1 N–H and O–H groups in total. The smallest absolute Gasteiger partial charge is 0.329 e. The second kappa shape index (κ2) is 10.1. The van der Waals surface area contributed by atoms with Crippen molar-refractivity contribution in [2.24, 2.45) is 0 Å². The highest BCUT2D eigenvalue weighted by Gasteiger charge is 2.43. The molecule has 31 heavy (non-hydrogen) atoms. The molecule has 0 bridgehead atoms. The molecule has 0 spiro atoms. The molecule has 0 aromatic heterocycles. The molecule has 2 aromatic carbocycles.